The van der Waals surface area contributed by atoms with Gasteiger partial charge >= 0.3 is 0 Å². The Hall–Kier alpha value is -1.75. The van der Waals surface area contributed by atoms with Crippen LogP contribution < -0.4 is 20.5 Å². The van der Waals surface area contributed by atoms with Crippen LogP contribution in [0.3, 0.4) is 0 Å². The zero-order chi connectivity index (χ0) is 15.1. The van der Waals surface area contributed by atoms with Crippen molar-refractivity contribution < 1.29 is 14.3 Å². The maximum Gasteiger partial charge on any atom is 0.234 e. The fourth-order valence-electron chi connectivity index (χ4n) is 1.89. The quantitative estimate of drug-likeness (QED) is 0.759. The second-order valence-electron chi connectivity index (χ2n) is 5.07. The third-order valence-corrected chi connectivity index (χ3v) is 2.86. The van der Waals surface area contributed by atoms with Crippen LogP contribution >= 0.6 is 0 Å². The molecule has 1 amide bonds. The standard InChI is InChI=1S/C15H24N2O3/c1-10(2)17-12(15(16)18)7-8-20-13-6-5-11(3)9-14(13)19-4/h5-6,9-10,12,17H,7-8H2,1-4H3,(H2,16,18). The fraction of sp³-hybridized carbons (Fsp3) is 0.533. The molecule has 0 aliphatic rings. The number of amides is 1. The second-order valence-corrected chi connectivity index (χ2v) is 5.07. The maximum atomic E-state index is 11.3. The van der Waals surface area contributed by atoms with E-state index in [0.29, 0.717) is 24.5 Å². The molecule has 1 rings (SSSR count). The van der Waals surface area contributed by atoms with Gasteiger partial charge in [-0.3, -0.25) is 4.79 Å². The Morgan fingerprint density at radius 2 is 2.05 bits per heavy atom. The van der Waals surface area contributed by atoms with E-state index in [1.54, 1.807) is 7.11 Å². The minimum absolute atomic E-state index is 0.196. The smallest absolute Gasteiger partial charge is 0.234 e. The molecule has 20 heavy (non-hydrogen) atoms. The minimum Gasteiger partial charge on any atom is -0.493 e. The summed E-state index contributed by atoms with van der Waals surface area (Å²) in [5, 5.41) is 3.12. The van der Waals surface area contributed by atoms with Gasteiger partial charge in [0, 0.05) is 12.5 Å². The van der Waals surface area contributed by atoms with Gasteiger partial charge in [0.25, 0.3) is 0 Å². The number of benzene rings is 1. The number of primary amides is 1. The highest BCUT2D eigenvalue weighted by Gasteiger charge is 2.16. The fourth-order valence-corrected chi connectivity index (χ4v) is 1.89. The first-order valence-corrected chi connectivity index (χ1v) is 6.76. The van der Waals surface area contributed by atoms with E-state index in [4.69, 9.17) is 15.2 Å². The monoisotopic (exact) mass is 280 g/mol. The van der Waals surface area contributed by atoms with Crippen LogP contribution in [0.25, 0.3) is 0 Å². The molecule has 1 aromatic carbocycles. The third-order valence-electron chi connectivity index (χ3n) is 2.86. The molecule has 1 aromatic rings. The minimum atomic E-state index is -0.383. The number of hydrogen-bond acceptors (Lipinski definition) is 4. The number of carbonyl (C=O) groups is 1. The SMILES string of the molecule is COc1cc(C)ccc1OCCC(NC(C)C)C(N)=O. The lowest BCUT2D eigenvalue weighted by molar-refractivity contribution is -0.120. The molecule has 1 atom stereocenters. The molecule has 0 aromatic heterocycles. The number of hydrogen-bond donors (Lipinski definition) is 2. The van der Waals surface area contributed by atoms with Crippen molar-refractivity contribution >= 4 is 5.91 Å². The van der Waals surface area contributed by atoms with Crippen LogP contribution in [0.5, 0.6) is 11.5 Å². The topological polar surface area (TPSA) is 73.6 Å². The van der Waals surface area contributed by atoms with Crippen LogP contribution in [0, 0.1) is 6.92 Å². The van der Waals surface area contributed by atoms with Crippen molar-refractivity contribution in [2.24, 2.45) is 5.73 Å². The van der Waals surface area contributed by atoms with Gasteiger partial charge in [0.1, 0.15) is 0 Å². The Morgan fingerprint density at radius 1 is 1.35 bits per heavy atom. The van der Waals surface area contributed by atoms with Crippen molar-refractivity contribution in [1.82, 2.24) is 5.32 Å². The van der Waals surface area contributed by atoms with Crippen molar-refractivity contribution in [3.63, 3.8) is 0 Å². The van der Waals surface area contributed by atoms with Gasteiger partial charge in [0.15, 0.2) is 11.5 Å². The number of nitrogens with one attached hydrogen (secondary N) is 1. The first-order valence-electron chi connectivity index (χ1n) is 6.76. The first-order chi connectivity index (χ1) is 9.43. The average Bonchev–Trinajstić information content (AvgIpc) is 2.38. The molecule has 0 aliphatic heterocycles. The van der Waals surface area contributed by atoms with Crippen LogP contribution in [0.1, 0.15) is 25.8 Å². The molecule has 5 nitrogen and oxygen atoms in total. The summed E-state index contributed by atoms with van der Waals surface area (Å²) in [5.74, 6) is 1.00. The number of ether oxygens (including phenoxy) is 2. The summed E-state index contributed by atoms with van der Waals surface area (Å²) in [5.41, 5.74) is 6.46. The molecular formula is C15H24N2O3. The predicted octanol–water partition coefficient (Wildman–Crippen LogP) is 1.62. The van der Waals surface area contributed by atoms with Crippen molar-refractivity contribution in [2.75, 3.05) is 13.7 Å². The van der Waals surface area contributed by atoms with Gasteiger partial charge in [-0.05, 0) is 24.6 Å². The van der Waals surface area contributed by atoms with Crippen molar-refractivity contribution in [1.29, 1.82) is 0 Å². The van der Waals surface area contributed by atoms with Crippen LogP contribution in [-0.4, -0.2) is 31.7 Å². The molecular weight excluding hydrogens is 256 g/mol. The Kier molecular flexibility index (Phi) is 6.31. The number of rotatable bonds is 8. The van der Waals surface area contributed by atoms with E-state index >= 15 is 0 Å². The summed E-state index contributed by atoms with van der Waals surface area (Å²) >= 11 is 0. The highest BCUT2D eigenvalue weighted by molar-refractivity contribution is 5.79. The molecule has 0 radical (unpaired) electrons. The summed E-state index contributed by atoms with van der Waals surface area (Å²) in [6.45, 7) is 6.33. The zero-order valence-corrected chi connectivity index (χ0v) is 12.6. The highest BCUT2D eigenvalue weighted by atomic mass is 16.5. The van der Waals surface area contributed by atoms with Crippen molar-refractivity contribution in [3.05, 3.63) is 23.8 Å². The van der Waals surface area contributed by atoms with Gasteiger partial charge in [0.05, 0.1) is 19.8 Å². The normalized spacial score (nSPS) is 12.2. The number of aryl methyl sites for hydroxylation is 1. The number of methoxy groups -OCH3 is 1. The molecule has 112 valence electrons. The zero-order valence-electron chi connectivity index (χ0n) is 12.6. The number of carbonyl (C=O) groups excluding carboxylic acids is 1. The van der Waals surface area contributed by atoms with E-state index in [1.165, 1.54) is 0 Å². The lowest BCUT2D eigenvalue weighted by Gasteiger charge is -2.18. The molecule has 0 saturated heterocycles. The predicted molar refractivity (Wildman–Crippen MR) is 79.1 cm³/mol. The summed E-state index contributed by atoms with van der Waals surface area (Å²) in [6.07, 6.45) is 0.518. The highest BCUT2D eigenvalue weighted by Crippen LogP contribution is 2.27. The Morgan fingerprint density at radius 3 is 2.60 bits per heavy atom. The molecule has 0 saturated carbocycles. The van der Waals surface area contributed by atoms with Gasteiger partial charge in [0.2, 0.25) is 5.91 Å². The third kappa shape index (κ3) is 5.09. The molecule has 0 heterocycles. The van der Waals surface area contributed by atoms with E-state index in [0.717, 1.165) is 5.56 Å². The van der Waals surface area contributed by atoms with E-state index in [2.05, 4.69) is 5.32 Å². The van der Waals surface area contributed by atoms with E-state index in [1.807, 2.05) is 39.0 Å². The van der Waals surface area contributed by atoms with Crippen molar-refractivity contribution in [2.45, 2.75) is 39.3 Å². The van der Waals surface area contributed by atoms with Crippen LogP contribution in [0.15, 0.2) is 18.2 Å². The van der Waals surface area contributed by atoms with E-state index in [-0.39, 0.29) is 18.0 Å². The van der Waals surface area contributed by atoms with Crippen LogP contribution in [0.2, 0.25) is 0 Å². The van der Waals surface area contributed by atoms with Crippen LogP contribution in [0.4, 0.5) is 0 Å². The van der Waals surface area contributed by atoms with Gasteiger partial charge in [-0.15, -0.1) is 0 Å². The van der Waals surface area contributed by atoms with E-state index in [9.17, 15) is 4.79 Å². The van der Waals surface area contributed by atoms with Gasteiger partial charge in [-0.2, -0.15) is 0 Å². The largest absolute Gasteiger partial charge is 0.493 e. The van der Waals surface area contributed by atoms with Gasteiger partial charge in [-0.1, -0.05) is 19.9 Å². The summed E-state index contributed by atoms with van der Waals surface area (Å²) in [4.78, 5) is 11.3. The van der Waals surface area contributed by atoms with Gasteiger partial charge < -0.3 is 20.5 Å². The first kappa shape index (κ1) is 16.3. The lowest BCUT2D eigenvalue weighted by atomic mass is 10.2. The average molecular weight is 280 g/mol. The Balaban J connectivity index is 2.56. The molecule has 3 N–H and O–H groups in total. The van der Waals surface area contributed by atoms with E-state index < -0.39 is 0 Å². The van der Waals surface area contributed by atoms with Crippen molar-refractivity contribution in [3.8, 4) is 11.5 Å². The molecule has 0 fully saturated rings. The maximum absolute atomic E-state index is 11.3. The Bertz CT molecular complexity index is 447. The molecule has 1 unspecified atom stereocenters. The number of nitrogens with two attached hydrogens (primary N) is 1. The van der Waals surface area contributed by atoms with Gasteiger partial charge in [-0.25, -0.2) is 0 Å². The molecule has 0 aliphatic carbocycles. The molecule has 0 bridgehead atoms. The molecule has 0 spiro atoms. The summed E-state index contributed by atoms with van der Waals surface area (Å²) < 4.78 is 10.9. The lowest BCUT2D eigenvalue weighted by Crippen LogP contribution is -2.45. The summed E-state index contributed by atoms with van der Waals surface area (Å²) in [6, 6.07) is 5.54. The second kappa shape index (κ2) is 7.75. The molecule has 5 heteroatoms. The van der Waals surface area contributed by atoms with Crippen LogP contribution in [-0.2, 0) is 4.79 Å². The summed E-state index contributed by atoms with van der Waals surface area (Å²) in [7, 11) is 1.61. The Labute approximate surface area is 120 Å².